The van der Waals surface area contributed by atoms with E-state index in [1.807, 2.05) is 67.6 Å². The second-order valence-electron chi connectivity index (χ2n) is 10.1. The molecule has 1 aliphatic heterocycles. The van der Waals surface area contributed by atoms with Crippen LogP contribution in [0.1, 0.15) is 61.4 Å². The number of carbonyl (C=O) groups excluding carboxylic acids is 3. The Bertz CT molecular complexity index is 1330. The van der Waals surface area contributed by atoms with Crippen LogP contribution in [0.2, 0.25) is 0 Å². The van der Waals surface area contributed by atoms with E-state index in [-0.39, 0.29) is 30.2 Å². The third-order valence-electron chi connectivity index (χ3n) is 7.53. The van der Waals surface area contributed by atoms with Crippen molar-refractivity contribution in [3.05, 3.63) is 76.3 Å². The first kappa shape index (κ1) is 25.5. The second kappa shape index (κ2) is 11.1. The Labute approximate surface area is 226 Å². The highest BCUT2D eigenvalue weighted by molar-refractivity contribution is 9.10. The molecule has 5 rings (SSSR count). The van der Waals surface area contributed by atoms with Crippen molar-refractivity contribution in [3.8, 4) is 0 Å². The summed E-state index contributed by atoms with van der Waals surface area (Å²) in [5.41, 5.74) is 2.58. The Kier molecular flexibility index (Phi) is 7.60. The zero-order valence-corrected chi connectivity index (χ0v) is 22.7. The molecular formula is C30H32BrN3O3. The zero-order chi connectivity index (χ0) is 25.9. The van der Waals surface area contributed by atoms with Crippen LogP contribution >= 0.6 is 15.9 Å². The Balaban J connectivity index is 1.27. The first-order chi connectivity index (χ1) is 17.9. The number of rotatable bonds is 9. The van der Waals surface area contributed by atoms with E-state index >= 15 is 0 Å². The van der Waals surface area contributed by atoms with E-state index in [1.54, 1.807) is 9.80 Å². The lowest BCUT2D eigenvalue weighted by atomic mass is 10.1. The first-order valence-corrected chi connectivity index (χ1v) is 13.9. The minimum absolute atomic E-state index is 0.0189. The molecule has 0 saturated heterocycles. The number of anilines is 1. The normalized spacial score (nSPS) is 15.8. The molecule has 1 atom stereocenters. The van der Waals surface area contributed by atoms with Crippen LogP contribution in [0.15, 0.2) is 65.1 Å². The van der Waals surface area contributed by atoms with E-state index in [1.165, 1.54) is 0 Å². The molecule has 1 N–H and O–H groups in total. The van der Waals surface area contributed by atoms with Gasteiger partial charge in [0.2, 0.25) is 11.8 Å². The summed E-state index contributed by atoms with van der Waals surface area (Å²) in [6.45, 7) is 2.61. The molecular weight excluding hydrogens is 530 g/mol. The van der Waals surface area contributed by atoms with Gasteiger partial charge in [-0.05, 0) is 61.4 Å². The monoisotopic (exact) mass is 561 g/mol. The van der Waals surface area contributed by atoms with Crippen molar-refractivity contribution in [1.29, 1.82) is 0 Å². The highest BCUT2D eigenvalue weighted by atomic mass is 79.9. The lowest BCUT2D eigenvalue weighted by molar-refractivity contribution is -0.141. The molecule has 1 saturated carbocycles. The van der Waals surface area contributed by atoms with Crippen LogP contribution in [0.25, 0.3) is 10.8 Å². The van der Waals surface area contributed by atoms with E-state index in [2.05, 4.69) is 21.2 Å². The van der Waals surface area contributed by atoms with Crippen molar-refractivity contribution in [3.63, 3.8) is 0 Å². The smallest absolute Gasteiger partial charge is 0.258 e. The fraction of sp³-hybridized carbons (Fsp3) is 0.367. The van der Waals surface area contributed by atoms with Gasteiger partial charge in [0, 0.05) is 41.0 Å². The SMILES string of the molecule is C[C@H](C(=O)NC1CCCC1)N(Cc1cccc(Br)c1)C(=O)CCCN1C(=O)c2cccc3cccc1c23. The van der Waals surface area contributed by atoms with Crippen LogP contribution in [0, 0.1) is 0 Å². The lowest BCUT2D eigenvalue weighted by Gasteiger charge is -2.30. The standard InChI is InChI=1S/C30H32BrN3O3/c1-20(29(36)32-24-12-2-3-13-24)34(19-21-8-4-11-23(31)18-21)27(35)16-7-17-33-26-15-6-10-22-9-5-14-25(28(22)26)30(33)37/h4-6,8-11,14-15,18,20,24H,2-3,7,12-13,16-17,19H2,1H3,(H,32,36)/t20-/m1/s1. The fourth-order valence-corrected chi connectivity index (χ4v) is 5.99. The van der Waals surface area contributed by atoms with E-state index in [0.717, 1.165) is 52.2 Å². The molecule has 1 heterocycles. The average molecular weight is 563 g/mol. The maximum atomic E-state index is 13.5. The Morgan fingerprint density at radius 2 is 1.81 bits per heavy atom. The molecule has 6 nitrogen and oxygen atoms in total. The predicted molar refractivity (Wildman–Crippen MR) is 149 cm³/mol. The van der Waals surface area contributed by atoms with Crippen LogP contribution in [0.3, 0.4) is 0 Å². The van der Waals surface area contributed by atoms with E-state index < -0.39 is 6.04 Å². The Morgan fingerprint density at radius 3 is 2.57 bits per heavy atom. The molecule has 2 aliphatic rings. The van der Waals surface area contributed by atoms with E-state index in [0.29, 0.717) is 25.1 Å². The molecule has 0 unspecified atom stereocenters. The van der Waals surface area contributed by atoms with Crippen molar-refractivity contribution < 1.29 is 14.4 Å². The van der Waals surface area contributed by atoms with Crippen LogP contribution in [-0.4, -0.2) is 41.2 Å². The van der Waals surface area contributed by atoms with Crippen molar-refractivity contribution in [2.24, 2.45) is 0 Å². The van der Waals surface area contributed by atoms with Crippen LogP contribution < -0.4 is 10.2 Å². The van der Waals surface area contributed by atoms with Gasteiger partial charge in [-0.15, -0.1) is 0 Å². The Morgan fingerprint density at radius 1 is 1.08 bits per heavy atom. The van der Waals surface area contributed by atoms with Crippen molar-refractivity contribution in [2.75, 3.05) is 11.4 Å². The van der Waals surface area contributed by atoms with Gasteiger partial charge in [-0.2, -0.15) is 0 Å². The van der Waals surface area contributed by atoms with Gasteiger partial charge in [0.1, 0.15) is 6.04 Å². The number of benzene rings is 3. The number of amides is 3. The van der Waals surface area contributed by atoms with Crippen molar-refractivity contribution in [2.45, 2.75) is 64.1 Å². The molecule has 1 aliphatic carbocycles. The molecule has 0 bridgehead atoms. The molecule has 3 aromatic carbocycles. The summed E-state index contributed by atoms with van der Waals surface area (Å²) in [6.07, 6.45) is 5.03. The first-order valence-electron chi connectivity index (χ1n) is 13.1. The number of hydrogen-bond donors (Lipinski definition) is 1. The third kappa shape index (κ3) is 5.42. The average Bonchev–Trinajstić information content (AvgIpc) is 3.50. The summed E-state index contributed by atoms with van der Waals surface area (Å²) >= 11 is 3.50. The molecule has 0 radical (unpaired) electrons. The molecule has 192 valence electrons. The number of halogens is 1. The molecule has 3 amide bonds. The molecule has 0 aromatic heterocycles. The number of nitrogens with one attached hydrogen (secondary N) is 1. The molecule has 7 heteroatoms. The van der Waals surface area contributed by atoms with Crippen LogP contribution in [0.4, 0.5) is 5.69 Å². The largest absolute Gasteiger partial charge is 0.352 e. The summed E-state index contributed by atoms with van der Waals surface area (Å²) < 4.78 is 0.932. The number of hydrogen-bond acceptors (Lipinski definition) is 3. The second-order valence-corrected chi connectivity index (χ2v) is 11.0. The van der Waals surface area contributed by atoms with Crippen molar-refractivity contribution >= 4 is 50.1 Å². The van der Waals surface area contributed by atoms with Gasteiger partial charge in [0.15, 0.2) is 0 Å². The van der Waals surface area contributed by atoms with Gasteiger partial charge in [0.25, 0.3) is 5.91 Å². The van der Waals surface area contributed by atoms with Crippen molar-refractivity contribution in [1.82, 2.24) is 10.2 Å². The summed E-state index contributed by atoms with van der Waals surface area (Å²) in [6, 6.07) is 19.2. The predicted octanol–water partition coefficient (Wildman–Crippen LogP) is 5.82. The minimum atomic E-state index is -0.585. The molecule has 0 spiro atoms. The zero-order valence-electron chi connectivity index (χ0n) is 21.1. The molecule has 3 aromatic rings. The quantitative estimate of drug-likeness (QED) is 0.358. The van der Waals surface area contributed by atoms with Crippen LogP contribution in [0.5, 0.6) is 0 Å². The van der Waals surface area contributed by atoms with Gasteiger partial charge < -0.3 is 15.1 Å². The van der Waals surface area contributed by atoms with Gasteiger partial charge in [-0.3, -0.25) is 14.4 Å². The minimum Gasteiger partial charge on any atom is -0.352 e. The van der Waals surface area contributed by atoms with Gasteiger partial charge >= 0.3 is 0 Å². The number of nitrogens with zero attached hydrogens (tertiary/aromatic N) is 2. The fourth-order valence-electron chi connectivity index (χ4n) is 5.54. The summed E-state index contributed by atoms with van der Waals surface area (Å²) in [7, 11) is 0. The highest BCUT2D eigenvalue weighted by Gasteiger charge is 2.31. The molecule has 1 fully saturated rings. The lowest BCUT2D eigenvalue weighted by Crippen LogP contribution is -2.49. The van der Waals surface area contributed by atoms with E-state index in [9.17, 15) is 14.4 Å². The molecule has 37 heavy (non-hydrogen) atoms. The summed E-state index contributed by atoms with van der Waals surface area (Å²) in [5, 5.41) is 5.17. The Hall–Kier alpha value is -3.19. The van der Waals surface area contributed by atoms with Gasteiger partial charge in [0.05, 0.1) is 5.69 Å². The van der Waals surface area contributed by atoms with E-state index in [4.69, 9.17) is 0 Å². The summed E-state index contributed by atoms with van der Waals surface area (Å²) in [4.78, 5) is 43.2. The third-order valence-corrected chi connectivity index (χ3v) is 8.03. The number of carbonyl (C=O) groups is 3. The summed E-state index contributed by atoms with van der Waals surface area (Å²) in [5.74, 6) is -0.210. The highest BCUT2D eigenvalue weighted by Crippen LogP contribution is 2.37. The van der Waals surface area contributed by atoms with Crippen LogP contribution in [-0.2, 0) is 16.1 Å². The maximum absolute atomic E-state index is 13.5. The topological polar surface area (TPSA) is 69.7 Å². The maximum Gasteiger partial charge on any atom is 0.258 e. The van der Waals surface area contributed by atoms with Gasteiger partial charge in [-0.1, -0.05) is 65.2 Å². The van der Waals surface area contributed by atoms with Gasteiger partial charge in [-0.25, -0.2) is 0 Å².